The Labute approximate surface area is 138 Å². The van der Waals surface area contributed by atoms with Crippen LogP contribution < -0.4 is 10.2 Å². The van der Waals surface area contributed by atoms with Gasteiger partial charge in [-0.3, -0.25) is 0 Å². The van der Waals surface area contributed by atoms with Crippen LogP contribution in [0.5, 0.6) is 0 Å². The average molecular weight is 337 g/mol. The lowest BCUT2D eigenvalue weighted by Gasteiger charge is -2.28. The second kappa shape index (κ2) is 6.68. The lowest BCUT2D eigenvalue weighted by molar-refractivity contribution is -0.137. The van der Waals surface area contributed by atoms with Gasteiger partial charge in [-0.05, 0) is 18.2 Å². The molecule has 2 heterocycles. The van der Waals surface area contributed by atoms with Gasteiger partial charge < -0.3 is 15.0 Å². The molecular weight excluding hydrogens is 319 g/mol. The minimum atomic E-state index is -4.34. The Morgan fingerprint density at radius 3 is 2.33 bits per heavy atom. The molecule has 128 valence electrons. The molecule has 24 heavy (non-hydrogen) atoms. The average Bonchev–Trinajstić information content (AvgIpc) is 2.61. The molecule has 1 saturated heterocycles. The van der Waals surface area contributed by atoms with E-state index < -0.39 is 11.7 Å². The number of ether oxygens (including phenoxy) is 1. The topological polar surface area (TPSA) is 37.4 Å². The van der Waals surface area contributed by atoms with Gasteiger partial charge >= 0.3 is 6.18 Å². The maximum absolute atomic E-state index is 12.7. The number of anilines is 2. The highest BCUT2D eigenvalue weighted by Crippen LogP contribution is 2.32. The van der Waals surface area contributed by atoms with Gasteiger partial charge in [0.1, 0.15) is 5.82 Å². The molecule has 4 nitrogen and oxygen atoms in total. The number of alkyl halides is 3. The molecule has 0 radical (unpaired) electrons. The third kappa shape index (κ3) is 3.62. The maximum Gasteiger partial charge on any atom is 0.416 e. The van der Waals surface area contributed by atoms with E-state index in [0.29, 0.717) is 24.5 Å². The summed E-state index contributed by atoms with van der Waals surface area (Å²) in [5, 5.41) is 3.07. The van der Waals surface area contributed by atoms with Crippen LogP contribution in [-0.4, -0.2) is 38.3 Å². The van der Waals surface area contributed by atoms with Gasteiger partial charge in [0.25, 0.3) is 0 Å². The molecule has 0 unspecified atom stereocenters. The van der Waals surface area contributed by atoms with Gasteiger partial charge in [0.05, 0.1) is 24.5 Å². The van der Waals surface area contributed by atoms with Crippen LogP contribution in [0.2, 0.25) is 0 Å². The van der Waals surface area contributed by atoms with Crippen molar-refractivity contribution in [2.24, 2.45) is 0 Å². The number of aromatic nitrogens is 1. The predicted molar refractivity (Wildman–Crippen MR) is 87.3 cm³/mol. The zero-order valence-corrected chi connectivity index (χ0v) is 13.2. The predicted octanol–water partition coefficient (Wildman–Crippen LogP) is 3.65. The molecule has 1 N–H and O–H groups in total. The fraction of sp³-hybridized carbons (Fsp3) is 0.353. The van der Waals surface area contributed by atoms with Crippen LogP contribution in [0.3, 0.4) is 0 Å². The van der Waals surface area contributed by atoms with Crippen molar-refractivity contribution in [1.29, 1.82) is 0 Å². The van der Waals surface area contributed by atoms with Gasteiger partial charge in [0, 0.05) is 37.5 Å². The van der Waals surface area contributed by atoms with E-state index in [9.17, 15) is 13.2 Å². The third-order valence-corrected chi connectivity index (χ3v) is 3.94. The minimum absolute atomic E-state index is 0.636. The maximum atomic E-state index is 12.7. The monoisotopic (exact) mass is 337 g/mol. The zero-order valence-electron chi connectivity index (χ0n) is 13.2. The summed E-state index contributed by atoms with van der Waals surface area (Å²) < 4.78 is 43.5. The Bertz CT molecular complexity index is 695. The van der Waals surface area contributed by atoms with Crippen molar-refractivity contribution in [1.82, 2.24) is 4.98 Å². The molecule has 1 aliphatic heterocycles. The Morgan fingerprint density at radius 2 is 1.75 bits per heavy atom. The lowest BCUT2D eigenvalue weighted by Crippen LogP contribution is -2.36. The molecule has 0 atom stereocenters. The van der Waals surface area contributed by atoms with Crippen molar-refractivity contribution in [3.8, 4) is 11.3 Å². The Balaban J connectivity index is 1.94. The van der Waals surface area contributed by atoms with Gasteiger partial charge in [-0.1, -0.05) is 12.1 Å². The number of morpholine rings is 1. The summed E-state index contributed by atoms with van der Waals surface area (Å²) in [7, 11) is 1.80. The lowest BCUT2D eigenvalue weighted by atomic mass is 10.1. The molecule has 0 saturated carbocycles. The first kappa shape index (κ1) is 16.6. The molecule has 0 spiro atoms. The first-order chi connectivity index (χ1) is 11.5. The summed E-state index contributed by atoms with van der Waals surface area (Å²) >= 11 is 0. The smallest absolute Gasteiger partial charge is 0.388 e. The van der Waals surface area contributed by atoms with Crippen molar-refractivity contribution < 1.29 is 17.9 Å². The Kier molecular flexibility index (Phi) is 4.62. The second-order valence-electron chi connectivity index (χ2n) is 5.52. The highest BCUT2D eigenvalue weighted by Gasteiger charge is 2.30. The fourth-order valence-electron chi connectivity index (χ4n) is 2.59. The van der Waals surface area contributed by atoms with Crippen LogP contribution in [0, 0.1) is 0 Å². The standard InChI is InChI=1S/C17H18F3N3O/c1-21-14-10-15(12-2-4-13(5-3-12)17(18,19)20)22-16(11-14)23-6-8-24-9-7-23/h2-5,10-11H,6-9H2,1H3,(H,21,22). The summed E-state index contributed by atoms with van der Waals surface area (Å²) in [4.78, 5) is 6.73. The van der Waals surface area contributed by atoms with Crippen molar-refractivity contribution in [2.45, 2.75) is 6.18 Å². The number of pyridine rings is 1. The summed E-state index contributed by atoms with van der Waals surface area (Å²) in [6, 6.07) is 8.82. The van der Waals surface area contributed by atoms with Gasteiger partial charge in [-0.25, -0.2) is 4.98 Å². The summed E-state index contributed by atoms with van der Waals surface area (Å²) in [6.45, 7) is 2.77. The van der Waals surface area contributed by atoms with Crippen LogP contribution in [0.15, 0.2) is 36.4 Å². The molecule has 0 bridgehead atoms. The first-order valence-corrected chi connectivity index (χ1v) is 7.67. The van der Waals surface area contributed by atoms with E-state index in [1.54, 1.807) is 7.05 Å². The number of nitrogens with zero attached hydrogens (tertiary/aromatic N) is 2. The Hall–Kier alpha value is -2.28. The summed E-state index contributed by atoms with van der Waals surface area (Å²) in [5.74, 6) is 0.792. The van der Waals surface area contributed by atoms with Gasteiger partial charge in [-0.2, -0.15) is 13.2 Å². The van der Waals surface area contributed by atoms with Gasteiger partial charge in [-0.15, -0.1) is 0 Å². The van der Waals surface area contributed by atoms with E-state index >= 15 is 0 Å². The van der Waals surface area contributed by atoms with Crippen molar-refractivity contribution in [3.63, 3.8) is 0 Å². The largest absolute Gasteiger partial charge is 0.416 e. The van der Waals surface area contributed by atoms with E-state index in [-0.39, 0.29) is 0 Å². The third-order valence-electron chi connectivity index (χ3n) is 3.94. The number of halogens is 3. The van der Waals surface area contributed by atoms with Crippen LogP contribution >= 0.6 is 0 Å². The molecule has 1 aromatic heterocycles. The molecule has 7 heteroatoms. The summed E-state index contributed by atoms with van der Waals surface area (Å²) in [5.41, 5.74) is 1.48. The highest BCUT2D eigenvalue weighted by atomic mass is 19.4. The van der Waals surface area contributed by atoms with Crippen molar-refractivity contribution in [2.75, 3.05) is 43.6 Å². The van der Waals surface area contributed by atoms with Crippen LogP contribution in [0.25, 0.3) is 11.3 Å². The molecule has 1 aliphatic rings. The second-order valence-corrected chi connectivity index (χ2v) is 5.52. The van der Waals surface area contributed by atoms with Crippen molar-refractivity contribution in [3.05, 3.63) is 42.0 Å². The number of hydrogen-bond acceptors (Lipinski definition) is 4. The van der Waals surface area contributed by atoms with Gasteiger partial charge in [0.15, 0.2) is 0 Å². The molecular formula is C17H18F3N3O. The quantitative estimate of drug-likeness (QED) is 0.928. The SMILES string of the molecule is CNc1cc(-c2ccc(C(F)(F)F)cc2)nc(N2CCOCC2)c1. The number of nitrogens with one attached hydrogen (secondary N) is 1. The molecule has 2 aromatic rings. The minimum Gasteiger partial charge on any atom is -0.388 e. The van der Waals surface area contributed by atoms with Gasteiger partial charge in [0.2, 0.25) is 0 Å². The summed E-state index contributed by atoms with van der Waals surface area (Å²) in [6.07, 6.45) is -4.34. The molecule has 0 amide bonds. The molecule has 0 aliphatic carbocycles. The van der Waals surface area contributed by atoms with E-state index in [0.717, 1.165) is 36.7 Å². The van der Waals surface area contributed by atoms with Crippen LogP contribution in [0.4, 0.5) is 24.7 Å². The molecule has 3 rings (SSSR count). The van der Waals surface area contributed by atoms with Crippen molar-refractivity contribution >= 4 is 11.5 Å². The van der Waals surface area contributed by atoms with E-state index in [4.69, 9.17) is 4.74 Å². The number of benzene rings is 1. The number of rotatable bonds is 3. The number of hydrogen-bond donors (Lipinski definition) is 1. The fourth-order valence-corrected chi connectivity index (χ4v) is 2.59. The van der Waals surface area contributed by atoms with E-state index in [1.165, 1.54) is 12.1 Å². The highest BCUT2D eigenvalue weighted by molar-refractivity contribution is 5.68. The molecule has 1 aromatic carbocycles. The van der Waals surface area contributed by atoms with Crippen LogP contribution in [0.1, 0.15) is 5.56 Å². The zero-order chi connectivity index (χ0) is 17.2. The van der Waals surface area contributed by atoms with E-state index in [1.807, 2.05) is 12.1 Å². The Morgan fingerprint density at radius 1 is 1.08 bits per heavy atom. The normalized spacial score (nSPS) is 15.4. The van der Waals surface area contributed by atoms with Crippen LogP contribution in [-0.2, 0) is 10.9 Å². The van der Waals surface area contributed by atoms with E-state index in [2.05, 4.69) is 15.2 Å². The molecule has 1 fully saturated rings. The first-order valence-electron chi connectivity index (χ1n) is 7.67.